The molecule has 0 aromatic carbocycles. The van der Waals surface area contributed by atoms with Crippen LogP contribution in [0.2, 0.25) is 0 Å². The molecule has 0 radical (unpaired) electrons. The van der Waals surface area contributed by atoms with Crippen LogP contribution in [0.25, 0.3) is 0 Å². The van der Waals surface area contributed by atoms with Gasteiger partial charge in [-0.05, 0) is 0 Å². The van der Waals surface area contributed by atoms with Crippen molar-refractivity contribution < 1.29 is 19.2 Å². The van der Waals surface area contributed by atoms with Gasteiger partial charge in [-0.2, -0.15) is 5.48 Å². The Morgan fingerprint density at radius 1 is 1.70 bits per heavy atom. The lowest BCUT2D eigenvalue weighted by atomic mass is 10.3. The maximum Gasteiger partial charge on any atom is 0.333 e. The highest BCUT2D eigenvalue weighted by Gasteiger charge is 2.33. The number of esters is 2. The average molecular weight is 145 g/mol. The summed E-state index contributed by atoms with van der Waals surface area (Å²) in [6.07, 6.45) is 0.0483. The highest BCUT2D eigenvalue weighted by Crippen LogP contribution is 2.06. The Balaban J connectivity index is 2.46. The number of hydroxylamine groups is 1. The molecule has 10 heavy (non-hydrogen) atoms. The molecule has 0 aliphatic carbocycles. The van der Waals surface area contributed by atoms with Gasteiger partial charge in [0.15, 0.2) is 0 Å². The van der Waals surface area contributed by atoms with Crippen LogP contribution in [0.4, 0.5) is 0 Å². The van der Waals surface area contributed by atoms with Gasteiger partial charge in [0, 0.05) is 0 Å². The first-order valence-electron chi connectivity index (χ1n) is 2.77. The summed E-state index contributed by atoms with van der Waals surface area (Å²) in [5, 5.41) is 0. The fourth-order valence-corrected chi connectivity index (χ4v) is 0.707. The largest absolute Gasteiger partial charge is 0.392 e. The van der Waals surface area contributed by atoms with Crippen LogP contribution in [-0.4, -0.2) is 25.1 Å². The molecule has 0 bridgehead atoms. The van der Waals surface area contributed by atoms with Gasteiger partial charge in [-0.3, -0.25) is 4.79 Å². The van der Waals surface area contributed by atoms with Crippen molar-refractivity contribution in [1.29, 1.82) is 0 Å². The van der Waals surface area contributed by atoms with Gasteiger partial charge in [-0.1, -0.05) is 0 Å². The Hall–Kier alpha value is -0.940. The normalized spacial score (nSPS) is 25.1. The molecule has 0 amide bonds. The minimum atomic E-state index is -0.627. The quantitative estimate of drug-likeness (QED) is 0.306. The molecule has 0 aromatic rings. The van der Waals surface area contributed by atoms with E-state index in [4.69, 9.17) is 0 Å². The van der Waals surface area contributed by atoms with Gasteiger partial charge < -0.3 is 9.57 Å². The number of cyclic esters (lactones) is 2. The SMILES string of the molecule is CONC1CC(=O)OC1=O. The van der Waals surface area contributed by atoms with E-state index in [1.807, 2.05) is 0 Å². The average Bonchev–Trinajstić information content (AvgIpc) is 2.13. The second-order valence-corrected chi connectivity index (χ2v) is 1.87. The Morgan fingerprint density at radius 2 is 2.40 bits per heavy atom. The topological polar surface area (TPSA) is 64.6 Å². The van der Waals surface area contributed by atoms with Gasteiger partial charge in [-0.25, -0.2) is 4.79 Å². The van der Waals surface area contributed by atoms with Gasteiger partial charge in [0.25, 0.3) is 0 Å². The van der Waals surface area contributed by atoms with Gasteiger partial charge in [0.05, 0.1) is 13.5 Å². The first-order valence-corrected chi connectivity index (χ1v) is 2.77. The van der Waals surface area contributed by atoms with Gasteiger partial charge >= 0.3 is 11.9 Å². The van der Waals surface area contributed by atoms with Crippen LogP contribution in [-0.2, 0) is 19.2 Å². The van der Waals surface area contributed by atoms with E-state index in [1.54, 1.807) is 0 Å². The molecule has 5 nitrogen and oxygen atoms in total. The molecule has 0 spiro atoms. The molecule has 56 valence electrons. The molecule has 1 saturated heterocycles. The fraction of sp³-hybridized carbons (Fsp3) is 0.600. The molecular formula is C5H7NO4. The van der Waals surface area contributed by atoms with Gasteiger partial charge in [0.2, 0.25) is 0 Å². The van der Waals surface area contributed by atoms with Crippen molar-refractivity contribution in [2.45, 2.75) is 12.5 Å². The molecule has 1 rings (SSSR count). The van der Waals surface area contributed by atoms with E-state index in [0.29, 0.717) is 0 Å². The van der Waals surface area contributed by atoms with Crippen LogP contribution in [0.3, 0.4) is 0 Å². The standard InChI is InChI=1S/C5H7NO4/c1-9-6-3-2-4(7)10-5(3)8/h3,6H,2H2,1H3. The molecule has 1 unspecified atom stereocenters. The van der Waals surface area contributed by atoms with Crippen molar-refractivity contribution in [3.63, 3.8) is 0 Å². The second-order valence-electron chi connectivity index (χ2n) is 1.87. The number of carbonyl (C=O) groups excluding carboxylic acids is 2. The molecule has 1 aliphatic heterocycles. The Bertz CT molecular complexity index is 167. The van der Waals surface area contributed by atoms with Crippen LogP contribution in [0.15, 0.2) is 0 Å². The van der Waals surface area contributed by atoms with E-state index >= 15 is 0 Å². The molecule has 0 aromatic heterocycles. The summed E-state index contributed by atoms with van der Waals surface area (Å²) in [6.45, 7) is 0. The molecular weight excluding hydrogens is 138 g/mol. The van der Waals surface area contributed by atoms with Crippen LogP contribution in [0.5, 0.6) is 0 Å². The van der Waals surface area contributed by atoms with E-state index in [-0.39, 0.29) is 6.42 Å². The summed E-state index contributed by atoms with van der Waals surface area (Å²) in [5.41, 5.74) is 2.33. The smallest absolute Gasteiger partial charge is 0.333 e. The highest BCUT2D eigenvalue weighted by molar-refractivity contribution is 5.96. The third-order valence-corrected chi connectivity index (χ3v) is 1.13. The number of hydrogen-bond donors (Lipinski definition) is 1. The van der Waals surface area contributed by atoms with Gasteiger partial charge in [-0.15, -0.1) is 0 Å². The Labute approximate surface area is 57.2 Å². The van der Waals surface area contributed by atoms with Crippen LogP contribution in [0, 0.1) is 0 Å². The number of ether oxygens (including phenoxy) is 1. The summed E-state index contributed by atoms with van der Waals surface area (Å²) < 4.78 is 4.21. The van der Waals surface area contributed by atoms with E-state index in [1.165, 1.54) is 7.11 Å². The van der Waals surface area contributed by atoms with Crippen molar-refractivity contribution in [1.82, 2.24) is 5.48 Å². The predicted octanol–water partition coefficient (Wildman–Crippen LogP) is -1.02. The third-order valence-electron chi connectivity index (χ3n) is 1.13. The summed E-state index contributed by atoms with van der Waals surface area (Å²) in [5.74, 6) is -1.09. The van der Waals surface area contributed by atoms with Crippen molar-refractivity contribution >= 4 is 11.9 Å². The summed E-state index contributed by atoms with van der Waals surface area (Å²) in [6, 6.07) is -0.627. The van der Waals surface area contributed by atoms with E-state index in [9.17, 15) is 9.59 Å². The Morgan fingerprint density at radius 3 is 2.80 bits per heavy atom. The maximum absolute atomic E-state index is 10.6. The second kappa shape index (κ2) is 2.76. The van der Waals surface area contributed by atoms with Crippen molar-refractivity contribution in [2.24, 2.45) is 0 Å². The number of hydrogen-bond acceptors (Lipinski definition) is 5. The molecule has 1 atom stereocenters. The number of nitrogens with one attached hydrogen (secondary N) is 1. The maximum atomic E-state index is 10.6. The zero-order chi connectivity index (χ0) is 7.56. The molecule has 1 aliphatic rings. The van der Waals surface area contributed by atoms with E-state index < -0.39 is 18.0 Å². The first-order chi connectivity index (χ1) is 4.74. The van der Waals surface area contributed by atoms with Crippen molar-refractivity contribution in [3.05, 3.63) is 0 Å². The number of carbonyl (C=O) groups is 2. The molecule has 1 heterocycles. The van der Waals surface area contributed by atoms with Crippen molar-refractivity contribution in [2.75, 3.05) is 7.11 Å². The van der Waals surface area contributed by atoms with E-state index in [2.05, 4.69) is 15.1 Å². The van der Waals surface area contributed by atoms with Gasteiger partial charge in [0.1, 0.15) is 6.04 Å². The van der Waals surface area contributed by atoms with Crippen LogP contribution >= 0.6 is 0 Å². The number of rotatable bonds is 2. The minimum absolute atomic E-state index is 0.0483. The first kappa shape index (κ1) is 7.17. The molecule has 1 fully saturated rings. The summed E-state index contributed by atoms with van der Waals surface area (Å²) >= 11 is 0. The molecule has 5 heteroatoms. The monoisotopic (exact) mass is 145 g/mol. The highest BCUT2D eigenvalue weighted by atomic mass is 16.6. The van der Waals surface area contributed by atoms with Crippen LogP contribution in [0.1, 0.15) is 6.42 Å². The van der Waals surface area contributed by atoms with Crippen molar-refractivity contribution in [3.8, 4) is 0 Å². The molecule has 0 saturated carbocycles. The third kappa shape index (κ3) is 1.31. The van der Waals surface area contributed by atoms with E-state index in [0.717, 1.165) is 0 Å². The predicted molar refractivity (Wildman–Crippen MR) is 29.6 cm³/mol. The lowest BCUT2D eigenvalue weighted by Gasteiger charge is -2.02. The van der Waals surface area contributed by atoms with Crippen LogP contribution < -0.4 is 5.48 Å². The lowest BCUT2D eigenvalue weighted by Crippen LogP contribution is -2.31. The minimum Gasteiger partial charge on any atom is -0.392 e. The summed E-state index contributed by atoms with van der Waals surface area (Å²) in [4.78, 5) is 25.4. The zero-order valence-electron chi connectivity index (χ0n) is 5.42. The summed E-state index contributed by atoms with van der Waals surface area (Å²) in [7, 11) is 1.37. The molecule has 1 N–H and O–H groups in total. The fourth-order valence-electron chi connectivity index (χ4n) is 0.707. The zero-order valence-corrected chi connectivity index (χ0v) is 5.42. The lowest BCUT2D eigenvalue weighted by molar-refractivity contribution is -0.153. The Kier molecular flexibility index (Phi) is 1.98.